The van der Waals surface area contributed by atoms with Crippen LogP contribution in [0, 0.1) is 6.92 Å². The molecule has 0 spiro atoms. The van der Waals surface area contributed by atoms with E-state index >= 15 is 0 Å². The zero-order valence-electron chi connectivity index (χ0n) is 13.7. The highest BCUT2D eigenvalue weighted by atomic mass is 35.5. The van der Waals surface area contributed by atoms with Crippen molar-refractivity contribution in [1.82, 2.24) is 5.32 Å². The molecular weight excluding hydrogens is 326 g/mol. The number of benzene rings is 1. The number of halogens is 1. The van der Waals surface area contributed by atoms with E-state index in [-0.39, 0.29) is 12.5 Å². The van der Waals surface area contributed by atoms with Gasteiger partial charge < -0.3 is 14.8 Å². The fourth-order valence-electron chi connectivity index (χ4n) is 3.49. The lowest BCUT2D eigenvalue weighted by Gasteiger charge is -2.28. The summed E-state index contributed by atoms with van der Waals surface area (Å²) in [5, 5.41) is 13.8. The van der Waals surface area contributed by atoms with Crippen molar-refractivity contribution in [2.24, 2.45) is 0 Å². The first-order chi connectivity index (χ1) is 11.5. The van der Waals surface area contributed by atoms with Crippen molar-refractivity contribution in [2.45, 2.75) is 44.1 Å². The van der Waals surface area contributed by atoms with E-state index in [0.29, 0.717) is 10.8 Å². The van der Waals surface area contributed by atoms with Crippen LogP contribution >= 0.6 is 11.6 Å². The summed E-state index contributed by atoms with van der Waals surface area (Å²) in [4.78, 5) is 12.9. The van der Waals surface area contributed by atoms with Gasteiger partial charge in [0.1, 0.15) is 17.6 Å². The average Bonchev–Trinajstić information content (AvgIpc) is 3.23. The molecule has 1 aromatic heterocycles. The smallest absolute Gasteiger partial charge is 0.230 e. The van der Waals surface area contributed by atoms with Crippen molar-refractivity contribution < 1.29 is 14.3 Å². The molecule has 2 N–H and O–H groups in total. The Morgan fingerprint density at radius 3 is 2.50 bits per heavy atom. The molecule has 0 radical (unpaired) electrons. The highest BCUT2D eigenvalue weighted by Crippen LogP contribution is 2.41. The third-order valence-corrected chi connectivity index (χ3v) is 5.09. The van der Waals surface area contributed by atoms with Gasteiger partial charge in [-0.2, -0.15) is 0 Å². The van der Waals surface area contributed by atoms with Crippen LogP contribution in [-0.4, -0.2) is 17.6 Å². The van der Waals surface area contributed by atoms with Crippen molar-refractivity contribution in [3.63, 3.8) is 0 Å². The molecular formula is C19H22ClNO3. The number of hydrogen-bond acceptors (Lipinski definition) is 3. The monoisotopic (exact) mass is 347 g/mol. The van der Waals surface area contributed by atoms with Crippen LogP contribution in [0.5, 0.6) is 0 Å². The standard InChI is InChI=1S/C19H22ClNO3/c1-13-4-9-17(24-13)16(22)12-21-18(23)19(10-2-3-11-19)14-5-7-15(20)8-6-14/h4-9,16,22H,2-3,10-12H2,1H3,(H,21,23)/t16-/m1/s1. The van der Waals surface area contributed by atoms with Gasteiger partial charge in [0.05, 0.1) is 12.0 Å². The summed E-state index contributed by atoms with van der Waals surface area (Å²) in [6.07, 6.45) is 2.84. The number of amides is 1. The summed E-state index contributed by atoms with van der Waals surface area (Å²) >= 11 is 5.97. The van der Waals surface area contributed by atoms with E-state index in [4.69, 9.17) is 16.0 Å². The largest absolute Gasteiger partial charge is 0.464 e. The van der Waals surface area contributed by atoms with Gasteiger partial charge in [-0.15, -0.1) is 0 Å². The molecule has 3 rings (SSSR count). The molecule has 128 valence electrons. The number of hydrogen-bond donors (Lipinski definition) is 2. The molecule has 1 aliphatic carbocycles. The second-order valence-corrected chi connectivity index (χ2v) is 6.91. The van der Waals surface area contributed by atoms with Crippen LogP contribution in [-0.2, 0) is 10.2 Å². The van der Waals surface area contributed by atoms with Crippen molar-refractivity contribution in [3.05, 3.63) is 58.5 Å². The van der Waals surface area contributed by atoms with E-state index in [1.807, 2.05) is 31.2 Å². The first-order valence-electron chi connectivity index (χ1n) is 8.30. The summed E-state index contributed by atoms with van der Waals surface area (Å²) in [6.45, 7) is 1.96. The topological polar surface area (TPSA) is 62.5 Å². The number of rotatable bonds is 5. The van der Waals surface area contributed by atoms with E-state index in [0.717, 1.165) is 37.0 Å². The molecule has 24 heavy (non-hydrogen) atoms. The lowest BCUT2D eigenvalue weighted by Crippen LogP contribution is -2.44. The Morgan fingerprint density at radius 2 is 1.92 bits per heavy atom. The molecule has 0 aliphatic heterocycles. The first kappa shape index (κ1) is 17.1. The molecule has 0 saturated heterocycles. The van der Waals surface area contributed by atoms with Crippen LogP contribution in [0.15, 0.2) is 40.8 Å². The number of aliphatic hydroxyl groups is 1. The summed E-state index contributed by atoms with van der Waals surface area (Å²) in [6, 6.07) is 11.0. The predicted molar refractivity (Wildman–Crippen MR) is 93.0 cm³/mol. The fraction of sp³-hybridized carbons (Fsp3) is 0.421. The number of aryl methyl sites for hydroxylation is 1. The Kier molecular flexibility index (Phi) is 4.97. The minimum Gasteiger partial charge on any atom is -0.464 e. The maximum absolute atomic E-state index is 12.9. The Morgan fingerprint density at radius 1 is 1.25 bits per heavy atom. The van der Waals surface area contributed by atoms with Crippen LogP contribution in [0.1, 0.15) is 48.9 Å². The Labute approximate surface area is 146 Å². The summed E-state index contributed by atoms with van der Waals surface area (Å²) in [5.74, 6) is 1.17. The highest BCUT2D eigenvalue weighted by Gasteiger charge is 2.42. The second-order valence-electron chi connectivity index (χ2n) is 6.47. The predicted octanol–water partition coefficient (Wildman–Crippen LogP) is 3.90. The van der Waals surface area contributed by atoms with Crippen molar-refractivity contribution >= 4 is 17.5 Å². The number of aliphatic hydroxyl groups excluding tert-OH is 1. The maximum atomic E-state index is 12.9. The van der Waals surface area contributed by atoms with Crippen LogP contribution in [0.4, 0.5) is 0 Å². The molecule has 0 bridgehead atoms. The molecule has 0 unspecified atom stereocenters. The van der Waals surface area contributed by atoms with Crippen LogP contribution < -0.4 is 5.32 Å². The molecule has 1 saturated carbocycles. The summed E-state index contributed by atoms with van der Waals surface area (Å²) < 4.78 is 5.41. The van der Waals surface area contributed by atoms with E-state index in [1.54, 1.807) is 12.1 Å². The van der Waals surface area contributed by atoms with Crippen LogP contribution in [0.3, 0.4) is 0 Å². The van der Waals surface area contributed by atoms with Gasteiger partial charge >= 0.3 is 0 Å². The molecule has 1 fully saturated rings. The second kappa shape index (κ2) is 6.99. The number of furan rings is 1. The molecule has 1 heterocycles. The highest BCUT2D eigenvalue weighted by molar-refractivity contribution is 6.30. The van der Waals surface area contributed by atoms with Gasteiger partial charge in [-0.05, 0) is 49.6 Å². The van der Waals surface area contributed by atoms with E-state index in [1.165, 1.54) is 0 Å². The number of carbonyl (C=O) groups excluding carboxylic acids is 1. The first-order valence-corrected chi connectivity index (χ1v) is 8.68. The van der Waals surface area contributed by atoms with Crippen molar-refractivity contribution in [1.29, 1.82) is 0 Å². The SMILES string of the molecule is Cc1ccc([C@H](O)CNC(=O)C2(c3ccc(Cl)cc3)CCCC2)o1. The maximum Gasteiger partial charge on any atom is 0.230 e. The van der Waals surface area contributed by atoms with Crippen molar-refractivity contribution in [2.75, 3.05) is 6.54 Å². The van der Waals surface area contributed by atoms with Crippen molar-refractivity contribution in [3.8, 4) is 0 Å². The third-order valence-electron chi connectivity index (χ3n) is 4.83. The Bertz CT molecular complexity index is 702. The number of carbonyl (C=O) groups is 1. The van der Waals surface area contributed by atoms with Gasteiger partial charge in [-0.1, -0.05) is 36.6 Å². The number of nitrogens with one attached hydrogen (secondary N) is 1. The molecule has 4 nitrogen and oxygen atoms in total. The Balaban J connectivity index is 1.72. The molecule has 2 aromatic rings. The molecule has 1 aliphatic rings. The third kappa shape index (κ3) is 3.35. The van der Waals surface area contributed by atoms with E-state index in [2.05, 4.69) is 5.32 Å². The van der Waals surface area contributed by atoms with Crippen LogP contribution in [0.25, 0.3) is 0 Å². The fourth-order valence-corrected chi connectivity index (χ4v) is 3.61. The van der Waals surface area contributed by atoms with Gasteiger partial charge in [-0.3, -0.25) is 4.79 Å². The normalized spacial score (nSPS) is 17.6. The quantitative estimate of drug-likeness (QED) is 0.862. The van der Waals surface area contributed by atoms with Gasteiger partial charge in [-0.25, -0.2) is 0 Å². The van der Waals surface area contributed by atoms with E-state index in [9.17, 15) is 9.90 Å². The average molecular weight is 348 g/mol. The molecule has 1 aromatic carbocycles. The Hall–Kier alpha value is -1.78. The van der Waals surface area contributed by atoms with E-state index < -0.39 is 11.5 Å². The summed E-state index contributed by atoms with van der Waals surface area (Å²) in [5.41, 5.74) is 0.467. The zero-order chi connectivity index (χ0) is 17.2. The zero-order valence-corrected chi connectivity index (χ0v) is 14.5. The minimum atomic E-state index is -0.841. The lowest BCUT2D eigenvalue weighted by atomic mass is 9.78. The summed E-state index contributed by atoms with van der Waals surface area (Å²) in [7, 11) is 0. The minimum absolute atomic E-state index is 0.0374. The van der Waals surface area contributed by atoms with Crippen LogP contribution in [0.2, 0.25) is 5.02 Å². The lowest BCUT2D eigenvalue weighted by molar-refractivity contribution is -0.127. The molecule has 1 atom stereocenters. The van der Waals surface area contributed by atoms with Gasteiger partial charge in [0.2, 0.25) is 5.91 Å². The molecule has 5 heteroatoms. The molecule has 1 amide bonds. The van der Waals surface area contributed by atoms with Gasteiger partial charge in [0.15, 0.2) is 0 Å². The van der Waals surface area contributed by atoms with Gasteiger partial charge in [0.25, 0.3) is 0 Å². The van der Waals surface area contributed by atoms with Gasteiger partial charge in [0, 0.05) is 5.02 Å².